The third-order valence-electron chi connectivity index (χ3n) is 3.39. The molecule has 0 aliphatic carbocycles. The largest absolute Gasteiger partial charge is 0.272 e. The smallest absolute Gasteiger partial charge is 0.269 e. The molecule has 0 spiro atoms. The monoisotopic (exact) mass is 362 g/mol. The van der Waals surface area contributed by atoms with Crippen molar-refractivity contribution in [3.63, 3.8) is 0 Å². The van der Waals surface area contributed by atoms with Gasteiger partial charge in [0.05, 0.1) is 5.75 Å². The summed E-state index contributed by atoms with van der Waals surface area (Å²) in [5.41, 5.74) is 7.49. The van der Waals surface area contributed by atoms with Crippen LogP contribution < -0.4 is 10.9 Å². The Kier molecular flexibility index (Phi) is 7.15. The zero-order valence-corrected chi connectivity index (χ0v) is 14.9. The molecule has 0 heterocycles. The Morgan fingerprint density at radius 1 is 1.04 bits per heavy atom. The zero-order valence-electron chi connectivity index (χ0n) is 13.3. The Balaban J connectivity index is 1.72. The molecule has 0 aliphatic heterocycles. The normalized spacial score (nSPS) is 10.2. The lowest BCUT2D eigenvalue weighted by Crippen LogP contribution is -2.42. The Bertz CT molecular complexity index is 704. The third kappa shape index (κ3) is 5.58. The molecule has 0 atom stereocenters. The van der Waals surface area contributed by atoms with Gasteiger partial charge in [0.15, 0.2) is 0 Å². The number of hydrogen-bond acceptors (Lipinski definition) is 3. The van der Waals surface area contributed by atoms with E-state index in [-0.39, 0.29) is 17.6 Å². The molecule has 0 bridgehead atoms. The number of carbonyl (C=O) groups excluding carboxylic acids is 2. The molecule has 0 radical (unpaired) electrons. The van der Waals surface area contributed by atoms with Gasteiger partial charge in [-0.3, -0.25) is 20.4 Å². The van der Waals surface area contributed by atoms with Crippen molar-refractivity contribution in [2.24, 2.45) is 0 Å². The first-order valence-corrected chi connectivity index (χ1v) is 9.12. The summed E-state index contributed by atoms with van der Waals surface area (Å²) >= 11 is 7.49. The van der Waals surface area contributed by atoms with E-state index in [9.17, 15) is 9.59 Å². The Morgan fingerprint density at radius 3 is 2.42 bits per heavy atom. The van der Waals surface area contributed by atoms with E-state index in [0.29, 0.717) is 16.3 Å². The predicted octanol–water partition coefficient (Wildman–Crippen LogP) is 3.60. The molecule has 0 aromatic heterocycles. The first kappa shape index (κ1) is 18.4. The Morgan fingerprint density at radius 2 is 1.75 bits per heavy atom. The van der Waals surface area contributed by atoms with Crippen LogP contribution in [0.15, 0.2) is 48.5 Å². The highest BCUT2D eigenvalue weighted by atomic mass is 35.5. The van der Waals surface area contributed by atoms with Gasteiger partial charge in [-0.25, -0.2) is 0 Å². The fourth-order valence-electron chi connectivity index (χ4n) is 2.00. The van der Waals surface area contributed by atoms with Crippen molar-refractivity contribution in [2.75, 3.05) is 5.75 Å². The molecule has 0 saturated heterocycles. The summed E-state index contributed by atoms with van der Waals surface area (Å²) in [6.07, 6.45) is 0.918. The third-order valence-corrected chi connectivity index (χ3v) is 4.74. The molecular weight excluding hydrogens is 344 g/mol. The molecule has 2 amide bonds. The van der Waals surface area contributed by atoms with E-state index in [2.05, 4.69) is 17.8 Å². The first-order valence-electron chi connectivity index (χ1n) is 7.59. The van der Waals surface area contributed by atoms with Gasteiger partial charge in [0, 0.05) is 16.3 Å². The van der Waals surface area contributed by atoms with Crippen LogP contribution in [0.25, 0.3) is 0 Å². The number of amides is 2. The number of rotatable bonds is 6. The highest BCUT2D eigenvalue weighted by Gasteiger charge is 2.08. The molecule has 2 aromatic rings. The predicted molar refractivity (Wildman–Crippen MR) is 99.0 cm³/mol. The van der Waals surface area contributed by atoms with E-state index in [1.165, 1.54) is 11.8 Å². The molecule has 2 rings (SSSR count). The second-order valence-electron chi connectivity index (χ2n) is 5.14. The summed E-state index contributed by atoms with van der Waals surface area (Å²) in [4.78, 5) is 23.7. The highest BCUT2D eigenvalue weighted by Crippen LogP contribution is 2.20. The summed E-state index contributed by atoms with van der Waals surface area (Å²) < 4.78 is 0. The lowest BCUT2D eigenvalue weighted by Gasteiger charge is -2.08. The number of halogens is 1. The average Bonchev–Trinajstić information content (AvgIpc) is 2.61. The molecule has 0 fully saturated rings. The zero-order chi connectivity index (χ0) is 17.4. The second-order valence-corrected chi connectivity index (χ2v) is 6.53. The van der Waals surface area contributed by atoms with E-state index in [1.807, 2.05) is 36.4 Å². The van der Waals surface area contributed by atoms with Gasteiger partial charge in [-0.05, 0) is 35.7 Å². The van der Waals surface area contributed by atoms with Gasteiger partial charge in [-0.1, -0.05) is 48.9 Å². The second kappa shape index (κ2) is 9.35. The maximum Gasteiger partial charge on any atom is 0.269 e. The van der Waals surface area contributed by atoms with Crippen molar-refractivity contribution >= 4 is 35.2 Å². The SMILES string of the molecule is CCc1ccc(C(=O)NNC(=O)CSCc2ccccc2Cl)cc1. The van der Waals surface area contributed by atoms with E-state index in [4.69, 9.17) is 11.6 Å². The van der Waals surface area contributed by atoms with Crippen molar-refractivity contribution in [3.05, 3.63) is 70.2 Å². The maximum atomic E-state index is 11.9. The van der Waals surface area contributed by atoms with Crippen LogP contribution in [0.1, 0.15) is 28.4 Å². The molecule has 2 aromatic carbocycles. The van der Waals surface area contributed by atoms with Crippen molar-refractivity contribution in [1.29, 1.82) is 0 Å². The van der Waals surface area contributed by atoms with Crippen molar-refractivity contribution < 1.29 is 9.59 Å². The molecule has 0 aliphatic rings. The maximum absolute atomic E-state index is 11.9. The summed E-state index contributed by atoms with van der Waals surface area (Å²) in [7, 11) is 0. The van der Waals surface area contributed by atoms with Crippen LogP contribution in [-0.2, 0) is 17.0 Å². The van der Waals surface area contributed by atoms with Crippen LogP contribution in [-0.4, -0.2) is 17.6 Å². The number of carbonyl (C=O) groups is 2. The van der Waals surface area contributed by atoms with Gasteiger partial charge in [-0.15, -0.1) is 11.8 Å². The standard InChI is InChI=1S/C18H19ClN2O2S/c1-2-13-7-9-14(10-8-13)18(23)21-20-17(22)12-24-11-15-5-3-4-6-16(15)19/h3-10H,2,11-12H2,1H3,(H,20,22)(H,21,23). The summed E-state index contributed by atoms with van der Waals surface area (Å²) in [5.74, 6) is 0.285. The van der Waals surface area contributed by atoms with Crippen molar-refractivity contribution in [3.8, 4) is 0 Å². The molecule has 2 N–H and O–H groups in total. The number of thioether (sulfide) groups is 1. The Labute approximate surface area is 150 Å². The lowest BCUT2D eigenvalue weighted by molar-refractivity contribution is -0.119. The highest BCUT2D eigenvalue weighted by molar-refractivity contribution is 7.99. The minimum atomic E-state index is -0.331. The van der Waals surface area contributed by atoms with Gasteiger partial charge in [0.25, 0.3) is 5.91 Å². The average molecular weight is 363 g/mol. The van der Waals surface area contributed by atoms with Gasteiger partial charge in [-0.2, -0.15) is 0 Å². The first-order chi connectivity index (χ1) is 11.6. The Hall–Kier alpha value is -1.98. The van der Waals surface area contributed by atoms with Crippen LogP contribution in [0.4, 0.5) is 0 Å². The molecule has 6 heteroatoms. The number of hydrogen-bond donors (Lipinski definition) is 2. The number of nitrogens with one attached hydrogen (secondary N) is 2. The van der Waals surface area contributed by atoms with E-state index < -0.39 is 0 Å². The van der Waals surface area contributed by atoms with Gasteiger partial charge < -0.3 is 0 Å². The number of hydrazine groups is 1. The summed E-state index contributed by atoms with van der Waals surface area (Å²) in [6.45, 7) is 2.05. The van der Waals surface area contributed by atoms with Gasteiger partial charge in [0.2, 0.25) is 5.91 Å². The van der Waals surface area contributed by atoms with E-state index >= 15 is 0 Å². The molecule has 24 heavy (non-hydrogen) atoms. The van der Waals surface area contributed by atoms with Crippen LogP contribution in [0.3, 0.4) is 0 Å². The van der Waals surface area contributed by atoms with Gasteiger partial charge >= 0.3 is 0 Å². The van der Waals surface area contributed by atoms with E-state index in [1.54, 1.807) is 12.1 Å². The number of benzene rings is 2. The fourth-order valence-corrected chi connectivity index (χ4v) is 3.11. The number of aryl methyl sites for hydroxylation is 1. The fraction of sp³-hybridized carbons (Fsp3) is 0.222. The molecule has 126 valence electrons. The summed E-state index contributed by atoms with van der Waals surface area (Å²) in [6, 6.07) is 14.8. The van der Waals surface area contributed by atoms with Gasteiger partial charge in [0.1, 0.15) is 0 Å². The van der Waals surface area contributed by atoms with E-state index in [0.717, 1.165) is 17.5 Å². The quantitative estimate of drug-likeness (QED) is 0.772. The molecule has 0 unspecified atom stereocenters. The van der Waals surface area contributed by atoms with Crippen LogP contribution in [0.2, 0.25) is 5.02 Å². The molecular formula is C18H19ClN2O2S. The van der Waals surface area contributed by atoms with Crippen LogP contribution in [0, 0.1) is 0 Å². The topological polar surface area (TPSA) is 58.2 Å². The van der Waals surface area contributed by atoms with Crippen LogP contribution >= 0.6 is 23.4 Å². The molecule has 0 saturated carbocycles. The summed E-state index contributed by atoms with van der Waals surface area (Å²) in [5, 5.41) is 0.689. The minimum absolute atomic E-state index is 0.236. The lowest BCUT2D eigenvalue weighted by atomic mass is 10.1. The van der Waals surface area contributed by atoms with Crippen molar-refractivity contribution in [2.45, 2.75) is 19.1 Å². The molecule has 4 nitrogen and oxygen atoms in total. The van der Waals surface area contributed by atoms with Crippen LogP contribution in [0.5, 0.6) is 0 Å². The minimum Gasteiger partial charge on any atom is -0.272 e. The van der Waals surface area contributed by atoms with Crippen molar-refractivity contribution in [1.82, 2.24) is 10.9 Å².